The summed E-state index contributed by atoms with van der Waals surface area (Å²) in [6, 6.07) is 0.565. The van der Waals surface area contributed by atoms with Gasteiger partial charge in [0.25, 0.3) is 0 Å². The summed E-state index contributed by atoms with van der Waals surface area (Å²) in [6.45, 7) is 14.5. The molecule has 1 rings (SSSR count). The highest BCUT2D eigenvalue weighted by molar-refractivity contribution is 5.76. The lowest BCUT2D eigenvalue weighted by atomic mass is 10.0. The molecule has 0 aromatic rings. The van der Waals surface area contributed by atoms with Crippen molar-refractivity contribution in [3.63, 3.8) is 0 Å². The SMILES string of the molecule is CC(C)=CCN1CCC(NCCC(=O)NC(C)(C)C)CC1. The third kappa shape index (κ3) is 8.89. The fourth-order valence-electron chi connectivity index (χ4n) is 2.50. The van der Waals surface area contributed by atoms with Gasteiger partial charge in [0.2, 0.25) is 5.91 Å². The monoisotopic (exact) mass is 295 g/mol. The highest BCUT2D eigenvalue weighted by Crippen LogP contribution is 2.10. The van der Waals surface area contributed by atoms with Crippen LogP contribution >= 0.6 is 0 Å². The third-order valence-electron chi connectivity index (χ3n) is 3.64. The molecule has 1 amide bonds. The molecule has 0 aliphatic carbocycles. The summed E-state index contributed by atoms with van der Waals surface area (Å²) in [5, 5.41) is 6.52. The van der Waals surface area contributed by atoms with Gasteiger partial charge < -0.3 is 10.6 Å². The third-order valence-corrected chi connectivity index (χ3v) is 3.64. The number of rotatable bonds is 6. The van der Waals surface area contributed by atoms with Crippen LogP contribution in [0.25, 0.3) is 0 Å². The van der Waals surface area contributed by atoms with Crippen LogP contribution < -0.4 is 10.6 Å². The number of carbonyl (C=O) groups excluding carboxylic acids is 1. The summed E-state index contributed by atoms with van der Waals surface area (Å²) < 4.78 is 0. The first-order valence-electron chi connectivity index (χ1n) is 8.16. The zero-order valence-corrected chi connectivity index (χ0v) is 14.5. The van der Waals surface area contributed by atoms with E-state index in [1.165, 1.54) is 18.4 Å². The molecule has 4 heteroatoms. The molecule has 21 heavy (non-hydrogen) atoms. The van der Waals surface area contributed by atoms with Gasteiger partial charge in [0.1, 0.15) is 0 Å². The molecule has 0 unspecified atom stereocenters. The van der Waals surface area contributed by atoms with E-state index in [-0.39, 0.29) is 11.4 Å². The maximum atomic E-state index is 11.7. The number of likely N-dealkylation sites (tertiary alicyclic amines) is 1. The minimum absolute atomic E-state index is 0.132. The normalized spacial score (nSPS) is 17.6. The Kier molecular flexibility index (Phi) is 7.40. The average molecular weight is 295 g/mol. The van der Waals surface area contributed by atoms with E-state index >= 15 is 0 Å². The second kappa shape index (κ2) is 8.54. The molecule has 1 fully saturated rings. The standard InChI is InChI=1S/C17H33N3O/c1-14(2)7-11-20-12-8-15(9-13-20)18-10-6-16(21)19-17(3,4)5/h7,15,18H,6,8-13H2,1-5H3,(H,19,21). The summed E-state index contributed by atoms with van der Waals surface area (Å²) in [5.41, 5.74) is 1.26. The predicted molar refractivity (Wildman–Crippen MR) is 89.4 cm³/mol. The first-order chi connectivity index (χ1) is 9.76. The second-order valence-electron chi connectivity index (χ2n) is 7.36. The van der Waals surface area contributed by atoms with Gasteiger partial charge in [0.05, 0.1) is 0 Å². The molecular weight excluding hydrogens is 262 g/mol. The summed E-state index contributed by atoms with van der Waals surface area (Å²) in [6.07, 6.45) is 5.22. The first kappa shape index (κ1) is 18.2. The minimum atomic E-state index is -0.132. The van der Waals surface area contributed by atoms with Crippen LogP contribution in [-0.4, -0.2) is 48.6 Å². The molecule has 0 saturated carbocycles. The minimum Gasteiger partial charge on any atom is -0.351 e. The fourth-order valence-corrected chi connectivity index (χ4v) is 2.50. The average Bonchev–Trinajstić information content (AvgIpc) is 2.35. The lowest BCUT2D eigenvalue weighted by Gasteiger charge is -2.32. The van der Waals surface area contributed by atoms with E-state index in [4.69, 9.17) is 0 Å². The molecule has 1 saturated heterocycles. The largest absolute Gasteiger partial charge is 0.351 e. The van der Waals surface area contributed by atoms with Crippen molar-refractivity contribution < 1.29 is 4.79 Å². The van der Waals surface area contributed by atoms with E-state index in [0.29, 0.717) is 12.5 Å². The number of allylic oxidation sites excluding steroid dienone is 1. The summed E-state index contributed by atoms with van der Waals surface area (Å²) in [5.74, 6) is 0.135. The Morgan fingerprint density at radius 1 is 1.24 bits per heavy atom. The molecule has 4 nitrogen and oxygen atoms in total. The molecule has 122 valence electrons. The van der Waals surface area contributed by atoms with Crippen LogP contribution in [0.1, 0.15) is 53.9 Å². The molecular formula is C17H33N3O. The van der Waals surface area contributed by atoms with E-state index in [0.717, 1.165) is 26.2 Å². The Morgan fingerprint density at radius 3 is 2.38 bits per heavy atom. The predicted octanol–water partition coefficient (Wildman–Crippen LogP) is 2.31. The van der Waals surface area contributed by atoms with Gasteiger partial charge >= 0.3 is 0 Å². The van der Waals surface area contributed by atoms with Gasteiger partial charge in [-0.2, -0.15) is 0 Å². The lowest BCUT2D eigenvalue weighted by Crippen LogP contribution is -2.45. The molecule has 1 heterocycles. The number of carbonyl (C=O) groups is 1. The Labute approximate surface area is 130 Å². The van der Waals surface area contributed by atoms with Crippen LogP contribution in [0.2, 0.25) is 0 Å². The van der Waals surface area contributed by atoms with E-state index < -0.39 is 0 Å². The Balaban J connectivity index is 2.13. The molecule has 1 aliphatic heterocycles. The van der Waals surface area contributed by atoms with E-state index in [2.05, 4.69) is 35.5 Å². The van der Waals surface area contributed by atoms with Gasteiger partial charge in [-0.3, -0.25) is 9.69 Å². The molecule has 2 N–H and O–H groups in total. The van der Waals surface area contributed by atoms with E-state index in [9.17, 15) is 4.79 Å². The smallest absolute Gasteiger partial charge is 0.221 e. The van der Waals surface area contributed by atoms with Gasteiger partial charge in [-0.15, -0.1) is 0 Å². The fraction of sp³-hybridized carbons (Fsp3) is 0.824. The molecule has 0 aromatic heterocycles. The molecule has 0 atom stereocenters. The first-order valence-corrected chi connectivity index (χ1v) is 8.16. The van der Waals surface area contributed by atoms with Crippen molar-refractivity contribution in [2.45, 2.75) is 65.5 Å². The van der Waals surface area contributed by atoms with Crippen molar-refractivity contribution in [2.24, 2.45) is 0 Å². The number of hydrogen-bond acceptors (Lipinski definition) is 3. The molecule has 1 aliphatic rings. The van der Waals surface area contributed by atoms with Gasteiger partial charge in [-0.05, 0) is 60.5 Å². The maximum absolute atomic E-state index is 11.7. The van der Waals surface area contributed by atoms with Crippen molar-refractivity contribution >= 4 is 5.91 Å². The van der Waals surface area contributed by atoms with Crippen molar-refractivity contribution in [2.75, 3.05) is 26.2 Å². The zero-order chi connectivity index (χ0) is 15.9. The highest BCUT2D eigenvalue weighted by atomic mass is 16.1. The van der Waals surface area contributed by atoms with E-state index in [1.807, 2.05) is 20.8 Å². The van der Waals surface area contributed by atoms with Gasteiger partial charge in [-0.25, -0.2) is 0 Å². The Bertz CT molecular complexity index is 346. The maximum Gasteiger partial charge on any atom is 0.221 e. The summed E-state index contributed by atoms with van der Waals surface area (Å²) in [4.78, 5) is 14.2. The lowest BCUT2D eigenvalue weighted by molar-refractivity contribution is -0.122. The summed E-state index contributed by atoms with van der Waals surface area (Å²) >= 11 is 0. The van der Waals surface area contributed by atoms with Crippen LogP contribution in [0.5, 0.6) is 0 Å². The van der Waals surface area contributed by atoms with Gasteiger partial charge in [0.15, 0.2) is 0 Å². The Hall–Kier alpha value is -0.870. The molecule has 0 bridgehead atoms. The van der Waals surface area contributed by atoms with Crippen LogP contribution in [0, 0.1) is 0 Å². The second-order valence-corrected chi connectivity index (χ2v) is 7.36. The molecule has 0 spiro atoms. The quantitative estimate of drug-likeness (QED) is 0.739. The highest BCUT2D eigenvalue weighted by Gasteiger charge is 2.18. The number of amides is 1. The summed E-state index contributed by atoms with van der Waals surface area (Å²) in [7, 11) is 0. The van der Waals surface area contributed by atoms with Gasteiger partial charge in [0, 0.05) is 31.1 Å². The van der Waals surface area contributed by atoms with Crippen molar-refractivity contribution in [3.05, 3.63) is 11.6 Å². The molecule has 0 radical (unpaired) electrons. The van der Waals surface area contributed by atoms with Crippen LogP contribution in [0.4, 0.5) is 0 Å². The number of nitrogens with zero attached hydrogens (tertiary/aromatic N) is 1. The van der Waals surface area contributed by atoms with Gasteiger partial charge in [-0.1, -0.05) is 11.6 Å². The number of piperidine rings is 1. The van der Waals surface area contributed by atoms with E-state index in [1.54, 1.807) is 0 Å². The number of hydrogen-bond donors (Lipinski definition) is 2. The van der Waals surface area contributed by atoms with Crippen LogP contribution in [0.15, 0.2) is 11.6 Å². The molecule has 0 aromatic carbocycles. The zero-order valence-electron chi connectivity index (χ0n) is 14.5. The topological polar surface area (TPSA) is 44.4 Å². The number of nitrogens with one attached hydrogen (secondary N) is 2. The van der Waals surface area contributed by atoms with Crippen molar-refractivity contribution in [1.29, 1.82) is 0 Å². The van der Waals surface area contributed by atoms with Crippen LogP contribution in [0.3, 0.4) is 0 Å². The Morgan fingerprint density at radius 2 is 1.86 bits per heavy atom. The van der Waals surface area contributed by atoms with Crippen molar-refractivity contribution in [3.8, 4) is 0 Å². The van der Waals surface area contributed by atoms with Crippen molar-refractivity contribution in [1.82, 2.24) is 15.5 Å². The van der Waals surface area contributed by atoms with Crippen LogP contribution in [-0.2, 0) is 4.79 Å².